The minimum atomic E-state index is -0.141. The Hall–Kier alpha value is -2.29. The van der Waals surface area contributed by atoms with Crippen LogP contribution in [0.4, 0.5) is 5.13 Å². The highest BCUT2D eigenvalue weighted by Gasteiger charge is 2.16. The number of fused-ring (bicyclic) bond motifs is 4. The molecule has 0 fully saturated rings. The van der Waals surface area contributed by atoms with Crippen LogP contribution in [0.3, 0.4) is 0 Å². The smallest absolute Gasteiger partial charge is 0.267 e. The fourth-order valence-electron chi connectivity index (χ4n) is 2.60. The van der Waals surface area contributed by atoms with Crippen molar-refractivity contribution in [3.05, 3.63) is 46.3 Å². The van der Waals surface area contributed by atoms with Crippen LogP contribution in [0, 0.1) is 6.92 Å². The molecule has 0 radical (unpaired) electrons. The summed E-state index contributed by atoms with van der Waals surface area (Å²) in [6.07, 6.45) is 1.97. The number of carbonyl (C=O) groups excluding carboxylic acids is 1. The van der Waals surface area contributed by atoms with Crippen molar-refractivity contribution in [3.63, 3.8) is 0 Å². The summed E-state index contributed by atoms with van der Waals surface area (Å²) in [5.41, 5.74) is 3.06. The van der Waals surface area contributed by atoms with Gasteiger partial charge in [0.15, 0.2) is 10.1 Å². The van der Waals surface area contributed by atoms with Crippen LogP contribution in [0.15, 0.2) is 35.8 Å². The number of thiophene rings is 1. The van der Waals surface area contributed by atoms with Crippen molar-refractivity contribution in [1.82, 2.24) is 14.4 Å². The predicted octanol–water partition coefficient (Wildman–Crippen LogP) is 4.78. The third-order valence-electron chi connectivity index (χ3n) is 3.73. The quantitative estimate of drug-likeness (QED) is 0.486. The molecule has 118 valence electrons. The number of imidazole rings is 1. The monoisotopic (exact) mass is 370 g/mol. The first-order valence-electron chi connectivity index (χ1n) is 7.21. The predicted molar refractivity (Wildman–Crippen MR) is 101 cm³/mol. The summed E-state index contributed by atoms with van der Waals surface area (Å²) in [6.45, 7) is 2.05. The maximum absolute atomic E-state index is 12.5. The van der Waals surface area contributed by atoms with Crippen LogP contribution < -0.4 is 5.32 Å². The molecule has 0 unspecified atom stereocenters. The van der Waals surface area contributed by atoms with Gasteiger partial charge in [0.05, 0.1) is 20.6 Å². The van der Waals surface area contributed by atoms with Gasteiger partial charge in [0, 0.05) is 11.6 Å². The van der Waals surface area contributed by atoms with Gasteiger partial charge in [-0.25, -0.2) is 9.97 Å². The molecular formula is C16H10N4OS3. The molecule has 24 heavy (non-hydrogen) atoms. The van der Waals surface area contributed by atoms with Gasteiger partial charge in [-0.3, -0.25) is 14.5 Å². The number of rotatable bonds is 2. The summed E-state index contributed by atoms with van der Waals surface area (Å²) in [4.78, 5) is 24.0. The summed E-state index contributed by atoms with van der Waals surface area (Å²) in [5, 5.41) is 5.51. The van der Waals surface area contributed by atoms with Crippen LogP contribution in [0.5, 0.6) is 0 Å². The number of benzene rings is 1. The second kappa shape index (κ2) is 5.10. The number of carbonyl (C=O) groups is 1. The Bertz CT molecular complexity index is 1230. The number of hydrogen-bond acceptors (Lipinski definition) is 6. The zero-order chi connectivity index (χ0) is 16.3. The van der Waals surface area contributed by atoms with Gasteiger partial charge in [0.1, 0.15) is 4.83 Å². The van der Waals surface area contributed by atoms with Crippen molar-refractivity contribution in [2.24, 2.45) is 0 Å². The lowest BCUT2D eigenvalue weighted by Crippen LogP contribution is -2.09. The zero-order valence-corrected chi connectivity index (χ0v) is 14.9. The van der Waals surface area contributed by atoms with Gasteiger partial charge in [-0.2, -0.15) is 0 Å². The Morgan fingerprint density at radius 3 is 3.04 bits per heavy atom. The van der Waals surface area contributed by atoms with Crippen molar-refractivity contribution < 1.29 is 4.79 Å². The average molecular weight is 370 g/mol. The molecule has 0 aliphatic heterocycles. The lowest BCUT2D eigenvalue weighted by Gasteiger charge is -1.97. The maximum Gasteiger partial charge on any atom is 0.267 e. The normalized spacial score (nSPS) is 11.7. The number of nitrogens with zero attached hydrogens (tertiary/aromatic N) is 3. The van der Waals surface area contributed by atoms with E-state index in [0.29, 0.717) is 10.0 Å². The van der Waals surface area contributed by atoms with Crippen LogP contribution in [0.2, 0.25) is 0 Å². The van der Waals surface area contributed by atoms with Gasteiger partial charge < -0.3 is 0 Å². The van der Waals surface area contributed by atoms with E-state index in [0.717, 1.165) is 25.5 Å². The number of aromatic nitrogens is 3. The van der Waals surface area contributed by atoms with E-state index in [9.17, 15) is 4.79 Å². The maximum atomic E-state index is 12.5. The Labute approximate surface area is 148 Å². The molecule has 5 nitrogen and oxygen atoms in total. The van der Waals surface area contributed by atoms with E-state index in [1.807, 2.05) is 41.1 Å². The highest BCUT2D eigenvalue weighted by atomic mass is 32.1. The van der Waals surface area contributed by atoms with Crippen LogP contribution in [-0.2, 0) is 0 Å². The van der Waals surface area contributed by atoms with E-state index in [1.165, 1.54) is 28.2 Å². The fourth-order valence-corrected chi connectivity index (χ4v) is 5.26. The number of aryl methyl sites for hydroxylation is 1. The fraction of sp³-hybridized carbons (Fsp3) is 0.0625. The molecule has 5 aromatic rings. The van der Waals surface area contributed by atoms with Crippen LogP contribution in [0.1, 0.15) is 15.2 Å². The molecule has 0 atom stereocenters. The van der Waals surface area contributed by atoms with Gasteiger partial charge in [0.2, 0.25) is 0 Å². The third-order valence-corrected chi connectivity index (χ3v) is 6.44. The lowest BCUT2D eigenvalue weighted by atomic mass is 10.2. The van der Waals surface area contributed by atoms with Crippen molar-refractivity contribution >= 4 is 70.6 Å². The Morgan fingerprint density at radius 2 is 2.12 bits per heavy atom. The molecule has 0 spiro atoms. The largest absolute Gasteiger partial charge is 0.297 e. The van der Waals surface area contributed by atoms with E-state index in [2.05, 4.69) is 21.4 Å². The number of anilines is 1. The standard InChI is InChI=1S/C16H10N4OS3/c1-8-2-3-9-11(6-8)24-15(17-9)18-13(21)12-7-10-14(23-12)19-16-20(10)4-5-22-16/h2-7H,1H3,(H,17,18,21). The highest BCUT2D eigenvalue weighted by Crippen LogP contribution is 2.30. The Balaban J connectivity index is 1.49. The van der Waals surface area contributed by atoms with E-state index in [-0.39, 0.29) is 5.91 Å². The molecule has 1 aromatic carbocycles. The van der Waals surface area contributed by atoms with Crippen LogP contribution >= 0.6 is 34.0 Å². The number of amides is 1. The van der Waals surface area contributed by atoms with E-state index < -0.39 is 0 Å². The van der Waals surface area contributed by atoms with Crippen LogP contribution in [0.25, 0.3) is 25.5 Å². The SMILES string of the molecule is Cc1ccc2nc(NC(=O)c3cc4c(nc5sccn54)s3)sc2c1. The molecule has 0 saturated heterocycles. The second-order valence-electron chi connectivity index (χ2n) is 5.41. The molecule has 0 bridgehead atoms. The average Bonchev–Trinajstić information content (AvgIpc) is 3.25. The Morgan fingerprint density at radius 1 is 1.21 bits per heavy atom. The summed E-state index contributed by atoms with van der Waals surface area (Å²) in [7, 11) is 0. The molecule has 0 saturated carbocycles. The molecule has 5 rings (SSSR count). The molecule has 1 N–H and O–H groups in total. The lowest BCUT2D eigenvalue weighted by molar-refractivity contribution is 0.103. The topological polar surface area (TPSA) is 59.3 Å². The van der Waals surface area contributed by atoms with E-state index in [4.69, 9.17) is 0 Å². The van der Waals surface area contributed by atoms with Crippen LogP contribution in [-0.4, -0.2) is 20.3 Å². The van der Waals surface area contributed by atoms with E-state index in [1.54, 1.807) is 11.3 Å². The zero-order valence-electron chi connectivity index (χ0n) is 12.4. The van der Waals surface area contributed by atoms with Gasteiger partial charge >= 0.3 is 0 Å². The first-order valence-corrected chi connectivity index (χ1v) is 9.72. The number of thiazole rings is 2. The molecular weight excluding hydrogens is 360 g/mol. The first-order chi connectivity index (χ1) is 11.7. The van der Waals surface area contributed by atoms with Gasteiger partial charge in [-0.1, -0.05) is 17.4 Å². The highest BCUT2D eigenvalue weighted by molar-refractivity contribution is 7.23. The summed E-state index contributed by atoms with van der Waals surface area (Å²) in [6, 6.07) is 7.97. The molecule has 4 heterocycles. The summed E-state index contributed by atoms with van der Waals surface area (Å²) in [5.74, 6) is -0.141. The third kappa shape index (κ3) is 2.15. The Kier molecular flexibility index (Phi) is 2.99. The van der Waals surface area contributed by atoms with Crippen molar-refractivity contribution in [1.29, 1.82) is 0 Å². The molecule has 8 heteroatoms. The van der Waals surface area contributed by atoms with Gasteiger partial charge in [0.25, 0.3) is 5.91 Å². The molecule has 0 aliphatic rings. The van der Waals surface area contributed by atoms with E-state index >= 15 is 0 Å². The first kappa shape index (κ1) is 14.1. The van der Waals surface area contributed by atoms with Crippen molar-refractivity contribution in [2.45, 2.75) is 6.92 Å². The van der Waals surface area contributed by atoms with Gasteiger partial charge in [-0.05, 0) is 30.7 Å². The minimum Gasteiger partial charge on any atom is -0.297 e. The minimum absolute atomic E-state index is 0.141. The van der Waals surface area contributed by atoms with Crippen molar-refractivity contribution in [3.8, 4) is 0 Å². The summed E-state index contributed by atoms with van der Waals surface area (Å²) < 4.78 is 3.08. The molecule has 4 aromatic heterocycles. The number of nitrogens with one attached hydrogen (secondary N) is 1. The second-order valence-corrected chi connectivity index (χ2v) is 8.35. The van der Waals surface area contributed by atoms with Crippen molar-refractivity contribution in [2.75, 3.05) is 5.32 Å². The van der Waals surface area contributed by atoms with Gasteiger partial charge in [-0.15, -0.1) is 22.7 Å². The molecule has 1 amide bonds. The molecule has 0 aliphatic carbocycles. The number of hydrogen-bond donors (Lipinski definition) is 1. The summed E-state index contributed by atoms with van der Waals surface area (Å²) >= 11 is 4.48.